The number of anilines is 1. The molecule has 0 unspecified atom stereocenters. The molecule has 0 spiro atoms. The minimum absolute atomic E-state index is 0.277. The maximum atomic E-state index is 13.7. The summed E-state index contributed by atoms with van der Waals surface area (Å²) >= 11 is 1.39. The number of fused-ring (bicyclic) bond motifs is 1. The Hall–Kier alpha value is -2.71. The molecule has 154 valence electrons. The third-order valence-electron chi connectivity index (χ3n) is 4.42. The van der Waals surface area contributed by atoms with Crippen LogP contribution in [-0.4, -0.2) is 57.2 Å². The summed E-state index contributed by atoms with van der Waals surface area (Å²) in [6.07, 6.45) is 0.761. The zero-order valence-electron chi connectivity index (χ0n) is 16.9. The van der Waals surface area contributed by atoms with Gasteiger partial charge in [0.25, 0.3) is 5.91 Å². The molecule has 1 heterocycles. The van der Waals surface area contributed by atoms with Crippen molar-refractivity contribution < 1.29 is 18.7 Å². The van der Waals surface area contributed by atoms with Gasteiger partial charge in [0, 0.05) is 24.2 Å². The first kappa shape index (κ1) is 21.0. The number of amides is 1. The molecule has 0 radical (unpaired) electrons. The number of halogens is 1. The molecule has 29 heavy (non-hydrogen) atoms. The second-order valence-electron chi connectivity index (χ2n) is 6.80. The lowest BCUT2D eigenvalue weighted by Crippen LogP contribution is -2.33. The predicted octanol–water partition coefficient (Wildman–Crippen LogP) is 4.05. The van der Waals surface area contributed by atoms with E-state index in [2.05, 4.69) is 9.88 Å². The van der Waals surface area contributed by atoms with Gasteiger partial charge in [-0.05, 0) is 45.3 Å². The minimum atomic E-state index is -0.442. The van der Waals surface area contributed by atoms with Crippen LogP contribution in [0.25, 0.3) is 10.2 Å². The maximum Gasteiger partial charge on any atom is 0.260 e. The molecule has 1 aromatic heterocycles. The number of rotatable bonds is 8. The number of ether oxygens (including phenoxy) is 2. The van der Waals surface area contributed by atoms with Gasteiger partial charge in [-0.15, -0.1) is 0 Å². The highest BCUT2D eigenvalue weighted by molar-refractivity contribution is 7.22. The number of carbonyl (C=O) groups excluding carboxylic acids is 1. The second-order valence-corrected chi connectivity index (χ2v) is 7.80. The van der Waals surface area contributed by atoms with Gasteiger partial charge in [-0.25, -0.2) is 9.37 Å². The van der Waals surface area contributed by atoms with E-state index in [1.807, 2.05) is 20.2 Å². The van der Waals surface area contributed by atoms with Crippen LogP contribution in [0.4, 0.5) is 9.52 Å². The van der Waals surface area contributed by atoms with Gasteiger partial charge >= 0.3 is 0 Å². The van der Waals surface area contributed by atoms with Crippen LogP contribution in [0.5, 0.6) is 11.5 Å². The molecule has 0 aliphatic rings. The lowest BCUT2D eigenvalue weighted by atomic mass is 10.2. The minimum Gasteiger partial charge on any atom is -0.493 e. The van der Waals surface area contributed by atoms with Crippen molar-refractivity contribution in [1.29, 1.82) is 0 Å². The van der Waals surface area contributed by atoms with Crippen LogP contribution in [0.2, 0.25) is 0 Å². The van der Waals surface area contributed by atoms with Crippen molar-refractivity contribution in [1.82, 2.24) is 9.88 Å². The molecule has 0 bridgehead atoms. The summed E-state index contributed by atoms with van der Waals surface area (Å²) in [6, 6.07) is 9.36. The molecule has 3 rings (SSSR count). The molecule has 0 atom stereocenters. The molecule has 0 N–H and O–H groups in total. The molecule has 0 saturated heterocycles. The van der Waals surface area contributed by atoms with Crippen molar-refractivity contribution in [3.05, 3.63) is 47.8 Å². The van der Waals surface area contributed by atoms with Gasteiger partial charge in [-0.1, -0.05) is 17.4 Å². The van der Waals surface area contributed by atoms with E-state index in [0.717, 1.165) is 17.7 Å². The van der Waals surface area contributed by atoms with Gasteiger partial charge in [-0.2, -0.15) is 0 Å². The molecule has 8 heteroatoms. The number of aromatic nitrogens is 1. The molecule has 0 aliphatic heterocycles. The van der Waals surface area contributed by atoms with E-state index in [4.69, 9.17) is 9.47 Å². The van der Waals surface area contributed by atoms with E-state index >= 15 is 0 Å². The number of carbonyl (C=O) groups is 1. The third kappa shape index (κ3) is 4.83. The zero-order chi connectivity index (χ0) is 21.0. The van der Waals surface area contributed by atoms with Crippen molar-refractivity contribution in [2.75, 3.05) is 46.3 Å². The van der Waals surface area contributed by atoms with Crippen LogP contribution in [-0.2, 0) is 0 Å². The van der Waals surface area contributed by atoms with E-state index in [0.29, 0.717) is 34.3 Å². The summed E-state index contributed by atoms with van der Waals surface area (Å²) in [5.41, 5.74) is 1.01. The lowest BCUT2D eigenvalue weighted by Gasteiger charge is -2.21. The molecule has 1 amide bonds. The van der Waals surface area contributed by atoms with Gasteiger partial charge in [0.1, 0.15) is 5.82 Å². The molecule has 3 aromatic rings. The van der Waals surface area contributed by atoms with Crippen molar-refractivity contribution in [3.63, 3.8) is 0 Å². The van der Waals surface area contributed by atoms with Crippen LogP contribution >= 0.6 is 11.3 Å². The summed E-state index contributed by atoms with van der Waals surface area (Å²) in [5.74, 6) is 0.461. The van der Waals surface area contributed by atoms with Gasteiger partial charge in [-0.3, -0.25) is 9.69 Å². The molecule has 0 aliphatic carbocycles. The number of hydrogen-bond donors (Lipinski definition) is 0. The first-order chi connectivity index (χ1) is 13.9. The van der Waals surface area contributed by atoms with Crippen molar-refractivity contribution >= 4 is 32.6 Å². The number of methoxy groups -OCH3 is 2. The lowest BCUT2D eigenvalue weighted by molar-refractivity contribution is 0.0985. The van der Waals surface area contributed by atoms with Crippen LogP contribution in [0.15, 0.2) is 36.4 Å². The normalized spacial score (nSPS) is 11.1. The maximum absolute atomic E-state index is 13.7. The topological polar surface area (TPSA) is 54.9 Å². The highest BCUT2D eigenvalue weighted by Crippen LogP contribution is 2.37. The Morgan fingerprint density at radius 1 is 1.10 bits per heavy atom. The first-order valence-electron chi connectivity index (χ1n) is 9.17. The first-order valence-corrected chi connectivity index (χ1v) is 9.99. The summed E-state index contributed by atoms with van der Waals surface area (Å²) in [7, 11) is 7.11. The highest BCUT2D eigenvalue weighted by atomic mass is 32.1. The Balaban J connectivity index is 1.99. The fourth-order valence-corrected chi connectivity index (χ4v) is 3.97. The fourth-order valence-electron chi connectivity index (χ4n) is 2.96. The SMILES string of the molecule is COc1cc2nc(N(CCCN(C)C)C(=O)c3cccc(F)c3)sc2cc1OC. The molecular weight excluding hydrogens is 393 g/mol. The standard InChI is InChI=1S/C21H24FN3O3S/c1-24(2)9-6-10-25(20(26)14-7-5-8-15(22)11-14)21-23-16-12-17(27-3)18(28-4)13-19(16)29-21/h5,7-8,11-13H,6,9-10H2,1-4H3. The van der Waals surface area contributed by atoms with E-state index in [-0.39, 0.29) is 5.91 Å². The summed E-state index contributed by atoms with van der Waals surface area (Å²) in [6.45, 7) is 1.29. The molecule has 0 saturated carbocycles. The monoisotopic (exact) mass is 417 g/mol. The molecule has 6 nitrogen and oxygen atoms in total. The Morgan fingerprint density at radius 2 is 1.83 bits per heavy atom. The molecule has 0 fully saturated rings. The zero-order valence-corrected chi connectivity index (χ0v) is 17.8. The Kier molecular flexibility index (Phi) is 6.66. The van der Waals surface area contributed by atoms with E-state index in [1.165, 1.54) is 29.5 Å². The number of nitrogens with zero attached hydrogens (tertiary/aromatic N) is 3. The van der Waals surface area contributed by atoms with Crippen LogP contribution < -0.4 is 14.4 Å². The van der Waals surface area contributed by atoms with Crippen molar-refractivity contribution in [3.8, 4) is 11.5 Å². The van der Waals surface area contributed by atoms with Crippen molar-refractivity contribution in [2.45, 2.75) is 6.42 Å². The third-order valence-corrected chi connectivity index (χ3v) is 5.46. The average Bonchev–Trinajstić information content (AvgIpc) is 3.11. The molecular formula is C21H24FN3O3S. The summed E-state index contributed by atoms with van der Waals surface area (Å²) in [5, 5.41) is 0.559. The summed E-state index contributed by atoms with van der Waals surface area (Å²) in [4.78, 5) is 21.5. The van der Waals surface area contributed by atoms with Gasteiger partial charge < -0.3 is 14.4 Å². The number of thiazole rings is 1. The average molecular weight is 418 g/mol. The Morgan fingerprint density at radius 3 is 2.48 bits per heavy atom. The highest BCUT2D eigenvalue weighted by Gasteiger charge is 2.22. The van der Waals surface area contributed by atoms with Crippen molar-refractivity contribution in [2.24, 2.45) is 0 Å². The summed E-state index contributed by atoms with van der Waals surface area (Å²) < 4.78 is 25.3. The fraction of sp³-hybridized carbons (Fsp3) is 0.333. The van der Waals surface area contributed by atoms with Gasteiger partial charge in [0.15, 0.2) is 16.6 Å². The van der Waals surface area contributed by atoms with E-state index in [9.17, 15) is 9.18 Å². The molecule has 2 aromatic carbocycles. The number of hydrogen-bond acceptors (Lipinski definition) is 6. The van der Waals surface area contributed by atoms with Gasteiger partial charge in [0.2, 0.25) is 0 Å². The number of benzene rings is 2. The Bertz CT molecular complexity index is 965. The van der Waals surface area contributed by atoms with E-state index in [1.54, 1.807) is 31.3 Å². The van der Waals surface area contributed by atoms with Gasteiger partial charge in [0.05, 0.1) is 24.4 Å². The quantitative estimate of drug-likeness (QED) is 0.553. The second kappa shape index (κ2) is 9.19. The largest absolute Gasteiger partial charge is 0.493 e. The van der Waals surface area contributed by atoms with E-state index < -0.39 is 5.82 Å². The van der Waals surface area contributed by atoms with Crippen LogP contribution in [0, 0.1) is 5.82 Å². The smallest absolute Gasteiger partial charge is 0.260 e. The van der Waals surface area contributed by atoms with Crippen LogP contribution in [0.3, 0.4) is 0 Å². The Labute approximate surface area is 173 Å². The van der Waals surface area contributed by atoms with Crippen LogP contribution in [0.1, 0.15) is 16.8 Å². The predicted molar refractivity (Wildman–Crippen MR) is 114 cm³/mol.